The van der Waals surface area contributed by atoms with Crippen molar-refractivity contribution in [3.8, 4) is 11.5 Å². The highest BCUT2D eigenvalue weighted by Crippen LogP contribution is 2.32. The van der Waals surface area contributed by atoms with Crippen LogP contribution in [0.3, 0.4) is 0 Å². The lowest BCUT2D eigenvalue weighted by Gasteiger charge is -2.32. The molecule has 10 heteroatoms. The van der Waals surface area contributed by atoms with Gasteiger partial charge in [0, 0.05) is 38.7 Å². The number of imidazole rings is 1. The summed E-state index contributed by atoms with van der Waals surface area (Å²) < 4.78 is 13.5. The highest BCUT2D eigenvalue weighted by atomic mass is 16.6. The molecule has 1 fully saturated rings. The summed E-state index contributed by atoms with van der Waals surface area (Å²) in [5, 5.41) is 0. The van der Waals surface area contributed by atoms with E-state index in [1.165, 1.54) is 11.6 Å². The summed E-state index contributed by atoms with van der Waals surface area (Å²) in [6.45, 7) is 2.08. The van der Waals surface area contributed by atoms with E-state index in [9.17, 15) is 14.4 Å². The molecule has 2 aliphatic heterocycles. The molecule has 0 radical (unpaired) electrons. The molecule has 1 saturated heterocycles. The fraction of sp³-hybridized carbons (Fsp3) is 0.429. The minimum atomic E-state index is -0.422. The van der Waals surface area contributed by atoms with E-state index in [1.54, 1.807) is 30.1 Å². The van der Waals surface area contributed by atoms with Crippen molar-refractivity contribution in [3.63, 3.8) is 0 Å². The molecule has 4 heterocycles. The van der Waals surface area contributed by atoms with Gasteiger partial charge in [-0.25, -0.2) is 9.78 Å². The summed E-state index contributed by atoms with van der Waals surface area (Å²) in [4.78, 5) is 47.2. The number of ether oxygens (including phenoxy) is 2. The van der Waals surface area contributed by atoms with Gasteiger partial charge >= 0.3 is 5.69 Å². The van der Waals surface area contributed by atoms with Crippen LogP contribution >= 0.6 is 0 Å². The highest BCUT2D eigenvalue weighted by Gasteiger charge is 2.29. The third kappa shape index (κ3) is 3.18. The first-order valence-electron chi connectivity index (χ1n) is 10.3. The molecule has 0 aliphatic carbocycles. The number of aryl methyl sites for hydroxylation is 1. The van der Waals surface area contributed by atoms with Crippen molar-refractivity contribution in [2.75, 3.05) is 26.3 Å². The van der Waals surface area contributed by atoms with Crippen molar-refractivity contribution in [1.82, 2.24) is 24.0 Å². The third-order valence-corrected chi connectivity index (χ3v) is 6.00. The fourth-order valence-electron chi connectivity index (χ4n) is 4.28. The van der Waals surface area contributed by atoms with Gasteiger partial charge in [0.15, 0.2) is 17.1 Å². The molecule has 0 saturated carbocycles. The van der Waals surface area contributed by atoms with Gasteiger partial charge in [-0.15, -0.1) is 0 Å². The van der Waals surface area contributed by atoms with Crippen LogP contribution in [-0.2, 0) is 14.1 Å². The molecule has 31 heavy (non-hydrogen) atoms. The maximum atomic E-state index is 13.1. The number of aromatic nitrogens is 4. The summed E-state index contributed by atoms with van der Waals surface area (Å²) >= 11 is 0. The molecule has 1 unspecified atom stereocenters. The van der Waals surface area contributed by atoms with Crippen LogP contribution in [0.2, 0.25) is 0 Å². The van der Waals surface area contributed by atoms with E-state index in [2.05, 4.69) is 9.97 Å². The van der Waals surface area contributed by atoms with Crippen LogP contribution < -0.4 is 20.7 Å². The minimum Gasteiger partial charge on any atom is -0.486 e. The van der Waals surface area contributed by atoms with E-state index in [1.807, 2.05) is 0 Å². The van der Waals surface area contributed by atoms with Gasteiger partial charge < -0.3 is 19.4 Å². The van der Waals surface area contributed by atoms with E-state index in [-0.39, 0.29) is 11.8 Å². The number of fused-ring (bicyclic) bond motifs is 2. The molecule has 162 valence electrons. The molecule has 2 aromatic heterocycles. The summed E-state index contributed by atoms with van der Waals surface area (Å²) in [5.74, 6) is 1.71. The van der Waals surface area contributed by atoms with Gasteiger partial charge in [0.2, 0.25) is 0 Å². The number of rotatable bonds is 2. The van der Waals surface area contributed by atoms with Crippen LogP contribution in [0.5, 0.6) is 11.5 Å². The fourth-order valence-corrected chi connectivity index (χ4v) is 4.28. The lowest BCUT2D eigenvalue weighted by Crippen LogP contribution is -2.39. The normalized spacial score (nSPS) is 18.4. The maximum Gasteiger partial charge on any atom is 0.332 e. The van der Waals surface area contributed by atoms with Crippen LogP contribution in [-0.4, -0.2) is 56.2 Å². The van der Waals surface area contributed by atoms with Gasteiger partial charge in [0.1, 0.15) is 24.6 Å². The second kappa shape index (κ2) is 7.29. The number of carbonyl (C=O) groups is 1. The number of likely N-dealkylation sites (tertiary alicyclic amines) is 1. The summed E-state index contributed by atoms with van der Waals surface area (Å²) in [6, 6.07) is 5.24. The number of hydrogen-bond donors (Lipinski definition) is 1. The zero-order valence-corrected chi connectivity index (χ0v) is 17.4. The van der Waals surface area contributed by atoms with Crippen LogP contribution in [0.1, 0.15) is 34.9 Å². The first kappa shape index (κ1) is 19.4. The SMILES string of the molecule is Cn1c(=O)c2[nH]c(C3CCCN(C(=O)c4ccc5c(c4)OCCO5)C3)nc2n(C)c1=O. The maximum absolute atomic E-state index is 13.1. The monoisotopic (exact) mass is 425 g/mol. The van der Waals surface area contributed by atoms with E-state index in [0.717, 1.165) is 17.4 Å². The third-order valence-electron chi connectivity index (χ3n) is 6.00. The van der Waals surface area contributed by atoms with E-state index in [4.69, 9.17) is 9.47 Å². The Balaban J connectivity index is 1.42. The molecular formula is C21H23N5O5. The lowest BCUT2D eigenvalue weighted by atomic mass is 9.96. The first-order valence-corrected chi connectivity index (χ1v) is 10.3. The van der Waals surface area contributed by atoms with Crippen molar-refractivity contribution in [1.29, 1.82) is 0 Å². The average molecular weight is 425 g/mol. The van der Waals surface area contributed by atoms with Crippen molar-refractivity contribution in [2.24, 2.45) is 14.1 Å². The Bertz CT molecular complexity index is 1300. The van der Waals surface area contributed by atoms with Gasteiger partial charge in [-0.05, 0) is 31.0 Å². The number of piperidine rings is 1. The topological polar surface area (TPSA) is 111 Å². The van der Waals surface area contributed by atoms with Gasteiger partial charge in [-0.3, -0.25) is 18.7 Å². The molecule has 5 rings (SSSR count). The number of amides is 1. The smallest absolute Gasteiger partial charge is 0.332 e. The number of carbonyl (C=O) groups excluding carboxylic acids is 1. The number of hydrogen-bond acceptors (Lipinski definition) is 6. The number of nitrogens with zero attached hydrogens (tertiary/aromatic N) is 4. The number of benzene rings is 1. The van der Waals surface area contributed by atoms with Crippen LogP contribution in [0.15, 0.2) is 27.8 Å². The minimum absolute atomic E-state index is 0.0536. The molecule has 2 aliphatic rings. The Morgan fingerprint density at radius 2 is 1.90 bits per heavy atom. The second-order valence-corrected chi connectivity index (χ2v) is 7.98. The van der Waals surface area contributed by atoms with Crippen molar-refractivity contribution in [2.45, 2.75) is 18.8 Å². The Morgan fingerprint density at radius 1 is 1.13 bits per heavy atom. The Hall–Kier alpha value is -3.56. The molecule has 1 atom stereocenters. The van der Waals surface area contributed by atoms with E-state index >= 15 is 0 Å². The van der Waals surface area contributed by atoms with E-state index < -0.39 is 11.2 Å². The van der Waals surface area contributed by atoms with Crippen molar-refractivity contribution < 1.29 is 14.3 Å². The van der Waals surface area contributed by atoms with Gasteiger partial charge in [-0.1, -0.05) is 0 Å². The molecular weight excluding hydrogens is 402 g/mol. The van der Waals surface area contributed by atoms with Crippen molar-refractivity contribution in [3.05, 3.63) is 50.4 Å². The molecule has 1 aromatic carbocycles. The van der Waals surface area contributed by atoms with Crippen LogP contribution in [0.4, 0.5) is 0 Å². The van der Waals surface area contributed by atoms with Gasteiger partial charge in [-0.2, -0.15) is 0 Å². The quantitative estimate of drug-likeness (QED) is 0.649. The highest BCUT2D eigenvalue weighted by molar-refractivity contribution is 5.95. The Labute approximate surface area is 177 Å². The van der Waals surface area contributed by atoms with Gasteiger partial charge in [0.05, 0.1) is 0 Å². The molecule has 1 amide bonds. The summed E-state index contributed by atoms with van der Waals surface area (Å²) in [5.41, 5.74) is 0.352. The number of nitrogens with one attached hydrogen (secondary N) is 1. The lowest BCUT2D eigenvalue weighted by molar-refractivity contribution is 0.0703. The largest absolute Gasteiger partial charge is 0.486 e. The number of aromatic amines is 1. The molecule has 0 bridgehead atoms. The average Bonchev–Trinajstić information content (AvgIpc) is 3.26. The zero-order chi connectivity index (χ0) is 21.7. The molecule has 0 spiro atoms. The predicted molar refractivity (Wildman–Crippen MR) is 112 cm³/mol. The Kier molecular flexibility index (Phi) is 4.57. The Morgan fingerprint density at radius 3 is 2.71 bits per heavy atom. The van der Waals surface area contributed by atoms with E-state index in [0.29, 0.717) is 60.4 Å². The molecule has 3 aromatic rings. The molecule has 10 nitrogen and oxygen atoms in total. The second-order valence-electron chi connectivity index (χ2n) is 7.98. The predicted octanol–water partition coefficient (Wildman–Crippen LogP) is 0.751. The van der Waals surface area contributed by atoms with Crippen LogP contribution in [0.25, 0.3) is 11.2 Å². The zero-order valence-electron chi connectivity index (χ0n) is 17.4. The summed E-state index contributed by atoms with van der Waals surface area (Å²) in [7, 11) is 3.03. The standard InChI is InChI=1S/C21H23N5O5/c1-24-18-16(20(28)25(2)21(24)29)22-17(23-18)13-4-3-7-26(11-13)19(27)12-5-6-14-15(10-12)31-9-8-30-14/h5-6,10,13H,3-4,7-9,11H2,1-2H3,(H,22,23). The first-order chi connectivity index (χ1) is 14.9. The van der Waals surface area contributed by atoms with Gasteiger partial charge in [0.25, 0.3) is 11.5 Å². The van der Waals surface area contributed by atoms with Crippen molar-refractivity contribution >= 4 is 17.1 Å². The number of H-pyrrole nitrogens is 1. The molecule has 1 N–H and O–H groups in total. The van der Waals surface area contributed by atoms with Crippen LogP contribution in [0, 0.1) is 0 Å². The summed E-state index contributed by atoms with van der Waals surface area (Å²) in [6.07, 6.45) is 1.65.